The number of ether oxygens (including phenoxy) is 3. The van der Waals surface area contributed by atoms with Gasteiger partial charge in [0.1, 0.15) is 13.2 Å². The van der Waals surface area contributed by atoms with Crippen molar-refractivity contribution in [2.45, 2.75) is 219 Å². The van der Waals surface area contributed by atoms with Crippen LogP contribution < -0.4 is 0 Å². The van der Waals surface area contributed by atoms with Gasteiger partial charge in [-0.25, -0.2) is 0 Å². The van der Waals surface area contributed by atoms with Crippen LogP contribution in [-0.2, 0) is 28.6 Å². The summed E-state index contributed by atoms with van der Waals surface area (Å²) < 4.78 is 16.8. The third-order valence-corrected chi connectivity index (χ3v) is 10.3. The molecular formula is C57H92O6. The van der Waals surface area contributed by atoms with Gasteiger partial charge in [0, 0.05) is 19.3 Å². The van der Waals surface area contributed by atoms with E-state index in [4.69, 9.17) is 14.2 Å². The SMILES string of the molecule is CC/C=C\C/C=C\C/C=C/CCCCCCCC(=O)OC(COC(=O)CCCCCCC/C=C/C/C=C/C/C=C/CC)COC(=O)CCCCCCC/C=C/C/C=C/C/C=C/CC. The second kappa shape index (κ2) is 50.7. The fourth-order valence-electron chi connectivity index (χ4n) is 6.54. The topological polar surface area (TPSA) is 78.9 Å². The lowest BCUT2D eigenvalue weighted by Crippen LogP contribution is -2.30. The van der Waals surface area contributed by atoms with E-state index in [0.29, 0.717) is 19.3 Å². The molecule has 0 atom stereocenters. The molecular weight excluding hydrogens is 781 g/mol. The molecule has 0 aromatic carbocycles. The Morgan fingerprint density at radius 1 is 0.317 bits per heavy atom. The first-order valence-corrected chi connectivity index (χ1v) is 25.4. The Kier molecular flexibility index (Phi) is 47.5. The summed E-state index contributed by atoms with van der Waals surface area (Å²) in [6.45, 7) is 6.24. The molecule has 0 spiro atoms. The first kappa shape index (κ1) is 59.1. The van der Waals surface area contributed by atoms with Crippen molar-refractivity contribution in [1.82, 2.24) is 0 Å². The maximum atomic E-state index is 12.8. The summed E-state index contributed by atoms with van der Waals surface area (Å²) in [6.07, 6.45) is 67.8. The Bertz CT molecular complexity index is 1260. The van der Waals surface area contributed by atoms with E-state index < -0.39 is 6.10 Å². The molecule has 0 aliphatic carbocycles. The monoisotopic (exact) mass is 873 g/mol. The van der Waals surface area contributed by atoms with Crippen LogP contribution in [0, 0.1) is 0 Å². The average Bonchev–Trinajstić information content (AvgIpc) is 3.28. The molecule has 0 bridgehead atoms. The highest BCUT2D eigenvalue weighted by atomic mass is 16.6. The van der Waals surface area contributed by atoms with Crippen LogP contribution in [0.15, 0.2) is 109 Å². The second-order valence-electron chi connectivity index (χ2n) is 16.3. The van der Waals surface area contributed by atoms with Gasteiger partial charge in [0.25, 0.3) is 0 Å². The molecule has 356 valence electrons. The van der Waals surface area contributed by atoms with E-state index in [0.717, 1.165) is 173 Å². The van der Waals surface area contributed by atoms with Gasteiger partial charge in [-0.2, -0.15) is 0 Å². The molecule has 63 heavy (non-hydrogen) atoms. The van der Waals surface area contributed by atoms with Crippen LogP contribution in [0.3, 0.4) is 0 Å². The average molecular weight is 873 g/mol. The number of esters is 3. The normalized spacial score (nSPS) is 12.6. The zero-order valence-electron chi connectivity index (χ0n) is 40.5. The minimum atomic E-state index is -0.803. The van der Waals surface area contributed by atoms with E-state index in [-0.39, 0.29) is 31.1 Å². The Morgan fingerprint density at radius 2 is 0.571 bits per heavy atom. The van der Waals surface area contributed by atoms with Crippen LogP contribution in [0.1, 0.15) is 213 Å². The van der Waals surface area contributed by atoms with Crippen LogP contribution in [-0.4, -0.2) is 37.2 Å². The third kappa shape index (κ3) is 49.0. The predicted octanol–water partition coefficient (Wildman–Crippen LogP) is 16.8. The zero-order chi connectivity index (χ0) is 45.8. The molecule has 0 saturated heterocycles. The maximum absolute atomic E-state index is 12.8. The largest absolute Gasteiger partial charge is 0.462 e. The molecule has 0 N–H and O–H groups in total. The molecule has 0 saturated carbocycles. The lowest BCUT2D eigenvalue weighted by Gasteiger charge is -2.18. The van der Waals surface area contributed by atoms with Crippen molar-refractivity contribution in [2.75, 3.05) is 13.2 Å². The second-order valence-corrected chi connectivity index (χ2v) is 16.3. The molecule has 6 nitrogen and oxygen atoms in total. The number of allylic oxidation sites excluding steroid dienone is 18. The lowest BCUT2D eigenvalue weighted by atomic mass is 10.1. The van der Waals surface area contributed by atoms with Crippen molar-refractivity contribution in [2.24, 2.45) is 0 Å². The highest BCUT2D eigenvalue weighted by Crippen LogP contribution is 2.13. The Labute approximate surface area is 387 Å². The highest BCUT2D eigenvalue weighted by Gasteiger charge is 2.19. The summed E-state index contributed by atoms with van der Waals surface area (Å²) in [5, 5.41) is 0. The van der Waals surface area contributed by atoms with Crippen molar-refractivity contribution in [3.8, 4) is 0 Å². The first-order valence-electron chi connectivity index (χ1n) is 25.4. The van der Waals surface area contributed by atoms with Crippen LogP contribution in [0.5, 0.6) is 0 Å². The van der Waals surface area contributed by atoms with E-state index in [9.17, 15) is 14.4 Å². The summed E-state index contributed by atoms with van der Waals surface area (Å²) in [6, 6.07) is 0. The van der Waals surface area contributed by atoms with Gasteiger partial charge in [-0.1, -0.05) is 188 Å². The fourth-order valence-corrected chi connectivity index (χ4v) is 6.54. The number of carbonyl (C=O) groups excluding carboxylic acids is 3. The van der Waals surface area contributed by atoms with E-state index in [1.54, 1.807) is 0 Å². The van der Waals surface area contributed by atoms with Crippen molar-refractivity contribution in [1.29, 1.82) is 0 Å². The first-order chi connectivity index (χ1) is 31.0. The van der Waals surface area contributed by atoms with Gasteiger partial charge in [-0.3, -0.25) is 14.4 Å². The Balaban J connectivity index is 4.49. The minimum absolute atomic E-state index is 0.102. The number of hydrogen-bond donors (Lipinski definition) is 0. The summed E-state index contributed by atoms with van der Waals surface area (Å²) in [5.74, 6) is -0.958. The van der Waals surface area contributed by atoms with E-state index >= 15 is 0 Å². The van der Waals surface area contributed by atoms with Gasteiger partial charge < -0.3 is 14.2 Å². The molecule has 0 heterocycles. The van der Waals surface area contributed by atoms with Gasteiger partial charge in [0.2, 0.25) is 0 Å². The number of rotatable bonds is 44. The van der Waals surface area contributed by atoms with Crippen molar-refractivity contribution in [3.63, 3.8) is 0 Å². The molecule has 0 aliphatic heterocycles. The molecule has 0 amide bonds. The van der Waals surface area contributed by atoms with Gasteiger partial charge >= 0.3 is 17.9 Å². The molecule has 0 fully saturated rings. The zero-order valence-corrected chi connectivity index (χ0v) is 40.5. The van der Waals surface area contributed by atoms with Crippen LogP contribution in [0.25, 0.3) is 0 Å². The van der Waals surface area contributed by atoms with Crippen molar-refractivity contribution < 1.29 is 28.6 Å². The van der Waals surface area contributed by atoms with Gasteiger partial charge in [0.15, 0.2) is 6.10 Å². The van der Waals surface area contributed by atoms with Crippen LogP contribution in [0.2, 0.25) is 0 Å². The molecule has 0 rings (SSSR count). The Morgan fingerprint density at radius 3 is 0.889 bits per heavy atom. The molecule has 0 aliphatic rings. The van der Waals surface area contributed by atoms with E-state index in [1.165, 1.54) is 0 Å². The molecule has 0 radical (unpaired) electrons. The predicted molar refractivity (Wildman–Crippen MR) is 270 cm³/mol. The lowest BCUT2D eigenvalue weighted by molar-refractivity contribution is -0.167. The maximum Gasteiger partial charge on any atom is 0.306 e. The number of unbranched alkanes of at least 4 members (excludes halogenated alkanes) is 15. The summed E-state index contributed by atoms with van der Waals surface area (Å²) >= 11 is 0. The minimum Gasteiger partial charge on any atom is -0.462 e. The standard InChI is InChI=1S/C57H92O6/c1-4-7-10-13-16-19-22-25-28-31-34-37-40-43-46-49-55(58)61-52-54(63-57(60)51-48-45-42-39-36-33-30-27-24-21-18-15-12-9-6-3)53-62-56(59)50-47-44-41-38-35-32-29-26-23-20-17-14-11-8-5-2/h7-12,16-21,25-30,54H,4-6,13-15,22-24,31-53H2,1-3H3/b10-7+,11-8+,12-9-,19-16+,20-17+,21-18-,28-25+,29-26+,30-27+. The van der Waals surface area contributed by atoms with Crippen LogP contribution >= 0.6 is 0 Å². The summed E-state index contributed by atoms with van der Waals surface area (Å²) in [4.78, 5) is 38.0. The van der Waals surface area contributed by atoms with Gasteiger partial charge in [0.05, 0.1) is 0 Å². The quantitative estimate of drug-likeness (QED) is 0.0263. The number of hydrogen-bond acceptors (Lipinski definition) is 6. The van der Waals surface area contributed by atoms with E-state index in [1.807, 2.05) is 0 Å². The molecule has 0 aromatic heterocycles. The molecule has 0 aromatic rings. The van der Waals surface area contributed by atoms with E-state index in [2.05, 4.69) is 130 Å². The van der Waals surface area contributed by atoms with Gasteiger partial charge in [-0.15, -0.1) is 0 Å². The summed E-state index contributed by atoms with van der Waals surface area (Å²) in [5.41, 5.74) is 0. The Hall–Kier alpha value is -3.93. The third-order valence-electron chi connectivity index (χ3n) is 10.3. The van der Waals surface area contributed by atoms with Crippen molar-refractivity contribution >= 4 is 17.9 Å². The fraction of sp³-hybridized carbons (Fsp3) is 0.632. The van der Waals surface area contributed by atoms with Crippen molar-refractivity contribution in [3.05, 3.63) is 109 Å². The highest BCUT2D eigenvalue weighted by molar-refractivity contribution is 5.71. The van der Waals surface area contributed by atoms with Crippen LogP contribution in [0.4, 0.5) is 0 Å². The number of carbonyl (C=O) groups is 3. The smallest absolute Gasteiger partial charge is 0.306 e. The molecule has 0 unspecified atom stereocenters. The van der Waals surface area contributed by atoms with Gasteiger partial charge in [-0.05, 0) is 116 Å². The molecule has 6 heteroatoms. The summed E-state index contributed by atoms with van der Waals surface area (Å²) in [7, 11) is 0.